The molecule has 0 radical (unpaired) electrons. The molecule has 0 amide bonds. The van der Waals surface area contributed by atoms with Gasteiger partial charge in [-0.15, -0.1) is 0 Å². The lowest BCUT2D eigenvalue weighted by Crippen LogP contribution is -2.12. The van der Waals surface area contributed by atoms with E-state index in [1.54, 1.807) is 69.3 Å². The molecule has 0 unspecified atom stereocenters. The SMILES string of the molecule is COc1cc2c(Cc3ccncc3)n[nH]c(=O)c2cc1OC.COc1cc2c(cc1OC)/C(=C\c1ccncc1)OC2=O. The van der Waals surface area contributed by atoms with Crippen LogP contribution in [0.5, 0.6) is 23.0 Å². The molecule has 1 aliphatic heterocycles. The number of nitrogens with zero attached hydrogens (tertiary/aromatic N) is 3. The third-order valence-corrected chi connectivity index (χ3v) is 6.71. The van der Waals surface area contributed by atoms with Crippen LogP contribution in [0.3, 0.4) is 0 Å². The van der Waals surface area contributed by atoms with E-state index in [0.29, 0.717) is 51.7 Å². The van der Waals surface area contributed by atoms with Crippen LogP contribution in [0.1, 0.15) is 32.7 Å². The number of rotatable bonds is 7. The number of H-pyrrole nitrogens is 1. The fraction of sp³-hybridized carbons (Fsp3) is 0.156. The predicted molar refractivity (Wildman–Crippen MR) is 160 cm³/mol. The molecule has 4 heterocycles. The van der Waals surface area contributed by atoms with Crippen LogP contribution in [0.15, 0.2) is 78.1 Å². The van der Waals surface area contributed by atoms with Crippen LogP contribution in [0.4, 0.5) is 0 Å². The number of aromatic amines is 1. The molecule has 1 aliphatic rings. The van der Waals surface area contributed by atoms with Crippen LogP contribution in [-0.2, 0) is 11.2 Å². The number of esters is 1. The number of cyclic esters (lactones) is 1. The summed E-state index contributed by atoms with van der Waals surface area (Å²) in [5.74, 6) is 2.22. The molecular weight excluding hydrogens is 552 g/mol. The van der Waals surface area contributed by atoms with E-state index in [1.807, 2.05) is 24.3 Å². The zero-order chi connectivity index (χ0) is 30.3. The van der Waals surface area contributed by atoms with Gasteiger partial charge in [-0.25, -0.2) is 9.89 Å². The molecule has 0 atom stereocenters. The summed E-state index contributed by atoms with van der Waals surface area (Å²) in [4.78, 5) is 31.9. The van der Waals surface area contributed by atoms with Gasteiger partial charge in [0, 0.05) is 42.2 Å². The highest BCUT2D eigenvalue weighted by molar-refractivity contribution is 6.06. The van der Waals surface area contributed by atoms with Gasteiger partial charge in [-0.2, -0.15) is 5.10 Å². The minimum atomic E-state index is -0.397. The van der Waals surface area contributed by atoms with Crippen LogP contribution in [-0.4, -0.2) is 54.6 Å². The molecule has 0 saturated carbocycles. The van der Waals surface area contributed by atoms with Gasteiger partial charge in [-0.3, -0.25) is 14.8 Å². The minimum Gasteiger partial charge on any atom is -0.493 e. The van der Waals surface area contributed by atoms with Crippen molar-refractivity contribution in [2.75, 3.05) is 28.4 Å². The summed E-state index contributed by atoms with van der Waals surface area (Å²) in [6.07, 6.45) is 9.19. The average molecular weight is 581 g/mol. The highest BCUT2D eigenvalue weighted by Crippen LogP contribution is 2.39. The molecule has 0 spiro atoms. The van der Waals surface area contributed by atoms with Crippen molar-refractivity contribution in [2.45, 2.75) is 6.42 Å². The molecule has 11 nitrogen and oxygen atoms in total. The molecule has 11 heteroatoms. The van der Waals surface area contributed by atoms with E-state index in [9.17, 15) is 9.59 Å². The van der Waals surface area contributed by atoms with Crippen molar-refractivity contribution in [3.63, 3.8) is 0 Å². The molecule has 1 N–H and O–H groups in total. The van der Waals surface area contributed by atoms with Crippen molar-refractivity contribution < 1.29 is 28.5 Å². The summed E-state index contributed by atoms with van der Waals surface area (Å²) < 4.78 is 26.4. The van der Waals surface area contributed by atoms with Gasteiger partial charge >= 0.3 is 5.97 Å². The lowest BCUT2D eigenvalue weighted by atomic mass is 10.0. The summed E-state index contributed by atoms with van der Waals surface area (Å²) in [6, 6.07) is 14.3. The number of carbonyl (C=O) groups is 1. The number of hydrogen-bond donors (Lipinski definition) is 1. The van der Waals surface area contributed by atoms with Crippen molar-refractivity contribution in [3.05, 3.63) is 112 Å². The van der Waals surface area contributed by atoms with E-state index in [0.717, 1.165) is 22.2 Å². The number of benzene rings is 2. The van der Waals surface area contributed by atoms with E-state index in [2.05, 4.69) is 20.2 Å². The van der Waals surface area contributed by atoms with Crippen molar-refractivity contribution in [1.29, 1.82) is 0 Å². The first-order valence-electron chi connectivity index (χ1n) is 13.1. The number of ether oxygens (including phenoxy) is 5. The number of hydrogen-bond acceptors (Lipinski definition) is 10. The molecule has 3 aromatic heterocycles. The van der Waals surface area contributed by atoms with E-state index < -0.39 is 5.97 Å². The molecule has 2 aromatic carbocycles. The Hall–Kier alpha value is -5.71. The van der Waals surface area contributed by atoms with Gasteiger partial charge in [0.05, 0.1) is 45.1 Å². The summed E-state index contributed by atoms with van der Waals surface area (Å²) >= 11 is 0. The number of pyridine rings is 2. The number of aromatic nitrogens is 4. The molecule has 0 saturated heterocycles. The van der Waals surface area contributed by atoms with Crippen LogP contribution < -0.4 is 24.5 Å². The van der Waals surface area contributed by atoms with E-state index in [-0.39, 0.29) is 5.56 Å². The molecular formula is C32H28N4O7. The first-order chi connectivity index (χ1) is 20.9. The number of methoxy groups -OCH3 is 4. The molecule has 5 aromatic rings. The van der Waals surface area contributed by atoms with Gasteiger partial charge < -0.3 is 23.7 Å². The fourth-order valence-electron chi connectivity index (χ4n) is 4.55. The lowest BCUT2D eigenvalue weighted by molar-refractivity contribution is 0.0717. The maximum atomic E-state index is 12.0. The van der Waals surface area contributed by atoms with Gasteiger partial charge in [0.15, 0.2) is 23.0 Å². The zero-order valence-corrected chi connectivity index (χ0v) is 23.9. The monoisotopic (exact) mass is 580 g/mol. The second kappa shape index (κ2) is 12.9. The quantitative estimate of drug-likeness (QED) is 0.270. The molecule has 6 rings (SSSR count). The molecule has 0 bridgehead atoms. The summed E-state index contributed by atoms with van der Waals surface area (Å²) in [7, 11) is 6.18. The Morgan fingerprint density at radius 1 is 0.721 bits per heavy atom. The Morgan fingerprint density at radius 3 is 1.86 bits per heavy atom. The Labute approximate surface area is 246 Å². The normalized spacial score (nSPS) is 12.7. The van der Waals surface area contributed by atoms with Crippen molar-refractivity contribution in [1.82, 2.24) is 20.2 Å². The number of carbonyl (C=O) groups excluding carboxylic acids is 1. The van der Waals surface area contributed by atoms with Crippen LogP contribution in [0, 0.1) is 0 Å². The fourth-order valence-corrected chi connectivity index (χ4v) is 4.55. The lowest BCUT2D eigenvalue weighted by Gasteiger charge is -2.11. The largest absolute Gasteiger partial charge is 0.493 e. The first-order valence-corrected chi connectivity index (χ1v) is 13.1. The van der Waals surface area contributed by atoms with Gasteiger partial charge in [-0.05, 0) is 65.7 Å². The highest BCUT2D eigenvalue weighted by atomic mass is 16.5. The molecule has 0 fully saturated rings. The third kappa shape index (κ3) is 6.15. The van der Waals surface area contributed by atoms with Gasteiger partial charge in [0.2, 0.25) is 0 Å². The van der Waals surface area contributed by atoms with E-state index in [1.165, 1.54) is 14.2 Å². The highest BCUT2D eigenvalue weighted by Gasteiger charge is 2.29. The second-order valence-electron chi connectivity index (χ2n) is 9.22. The van der Waals surface area contributed by atoms with Crippen molar-refractivity contribution in [2.24, 2.45) is 0 Å². The van der Waals surface area contributed by atoms with Crippen molar-refractivity contribution >= 4 is 28.6 Å². The minimum absolute atomic E-state index is 0.255. The van der Waals surface area contributed by atoms with Gasteiger partial charge in [0.25, 0.3) is 5.56 Å². The number of fused-ring (bicyclic) bond motifs is 2. The summed E-state index contributed by atoms with van der Waals surface area (Å²) in [5.41, 5.74) is 3.62. The van der Waals surface area contributed by atoms with Crippen LogP contribution >= 0.6 is 0 Å². The average Bonchev–Trinajstić information content (AvgIpc) is 3.35. The second-order valence-corrected chi connectivity index (χ2v) is 9.22. The summed E-state index contributed by atoms with van der Waals surface area (Å²) in [6.45, 7) is 0. The maximum absolute atomic E-state index is 12.0. The van der Waals surface area contributed by atoms with E-state index in [4.69, 9.17) is 23.7 Å². The van der Waals surface area contributed by atoms with Gasteiger partial charge in [0.1, 0.15) is 5.76 Å². The van der Waals surface area contributed by atoms with Crippen LogP contribution in [0.25, 0.3) is 22.6 Å². The standard InChI is InChI=1S/C16H15N3O3.C16H13NO4/c1-21-14-8-11-12(9-15(14)22-2)16(20)19-18-13(11)7-10-3-5-17-6-4-10;1-19-14-8-11-12(9-15(14)20-2)16(18)21-13(11)7-10-3-5-17-6-4-10/h3-6,8-9H,7H2,1-2H3,(H,19,20);3-9H,1-2H3/b;13-7+. The molecule has 0 aliphatic carbocycles. The van der Waals surface area contributed by atoms with Crippen LogP contribution in [0.2, 0.25) is 0 Å². The summed E-state index contributed by atoms with van der Waals surface area (Å²) in [5, 5.41) is 7.99. The van der Waals surface area contributed by atoms with Crippen molar-refractivity contribution in [3.8, 4) is 23.0 Å². The Bertz CT molecular complexity index is 1860. The Morgan fingerprint density at radius 2 is 1.26 bits per heavy atom. The topological polar surface area (TPSA) is 135 Å². The third-order valence-electron chi connectivity index (χ3n) is 6.71. The first kappa shape index (κ1) is 28.8. The molecule has 43 heavy (non-hydrogen) atoms. The molecule has 218 valence electrons. The maximum Gasteiger partial charge on any atom is 0.344 e. The zero-order valence-electron chi connectivity index (χ0n) is 23.9. The smallest absolute Gasteiger partial charge is 0.344 e. The van der Waals surface area contributed by atoms with Gasteiger partial charge in [-0.1, -0.05) is 0 Å². The number of nitrogens with one attached hydrogen (secondary N) is 1. The predicted octanol–water partition coefficient (Wildman–Crippen LogP) is 4.69. The van der Waals surface area contributed by atoms with E-state index >= 15 is 0 Å². The Balaban J connectivity index is 0.000000171. The Kier molecular flexibility index (Phi) is 8.61.